The first kappa shape index (κ1) is 20.6. The Morgan fingerprint density at radius 2 is 1.12 bits per heavy atom. The molecule has 0 heterocycles. The van der Waals surface area contributed by atoms with Crippen LogP contribution in [0, 0.1) is 22.7 Å². The van der Waals surface area contributed by atoms with E-state index < -0.39 is 5.79 Å². The summed E-state index contributed by atoms with van der Waals surface area (Å²) < 4.78 is 12.6. The van der Waals surface area contributed by atoms with E-state index >= 15 is 0 Å². The van der Waals surface area contributed by atoms with Crippen molar-refractivity contribution in [3.05, 3.63) is 0 Å². The molecule has 0 aliphatic heterocycles. The minimum absolute atomic E-state index is 0.0216. The van der Waals surface area contributed by atoms with Gasteiger partial charge < -0.3 is 9.47 Å². The maximum atomic E-state index is 12.3. The highest BCUT2D eigenvalue weighted by Gasteiger charge is 2.44. The first-order valence-electron chi connectivity index (χ1n) is 9.68. The van der Waals surface area contributed by atoms with Gasteiger partial charge in [-0.25, -0.2) is 0 Å². The molecule has 2 aliphatic carbocycles. The van der Waals surface area contributed by atoms with Gasteiger partial charge in [-0.15, -0.1) is 0 Å². The number of carbonyl (C=O) groups is 2. The largest absolute Gasteiger partial charge is 0.347 e. The van der Waals surface area contributed by atoms with Crippen molar-refractivity contribution in [1.29, 1.82) is 0 Å². The third-order valence-electron chi connectivity index (χ3n) is 5.84. The zero-order valence-electron chi connectivity index (χ0n) is 17.3. The molecule has 4 nitrogen and oxygen atoms in total. The van der Waals surface area contributed by atoms with Gasteiger partial charge >= 0.3 is 0 Å². The van der Waals surface area contributed by atoms with E-state index in [9.17, 15) is 9.59 Å². The Labute approximate surface area is 153 Å². The van der Waals surface area contributed by atoms with Crippen molar-refractivity contribution in [3.63, 3.8) is 0 Å². The van der Waals surface area contributed by atoms with Gasteiger partial charge in [-0.2, -0.15) is 0 Å². The summed E-state index contributed by atoms with van der Waals surface area (Å²) in [4.78, 5) is 24.6. The van der Waals surface area contributed by atoms with E-state index in [0.717, 1.165) is 25.7 Å². The Morgan fingerprint density at radius 1 is 0.800 bits per heavy atom. The monoisotopic (exact) mass is 352 g/mol. The number of hydrogen-bond acceptors (Lipinski definition) is 4. The molecule has 0 spiro atoms. The van der Waals surface area contributed by atoms with Gasteiger partial charge in [0.1, 0.15) is 11.6 Å². The first-order valence-corrected chi connectivity index (χ1v) is 9.68. The molecule has 0 aromatic rings. The van der Waals surface area contributed by atoms with Crippen LogP contribution in [-0.4, -0.2) is 29.6 Å². The van der Waals surface area contributed by atoms with Gasteiger partial charge in [-0.05, 0) is 39.5 Å². The average molecular weight is 353 g/mol. The summed E-state index contributed by atoms with van der Waals surface area (Å²) >= 11 is 0. The second-order valence-corrected chi connectivity index (χ2v) is 10.1. The number of carbonyl (C=O) groups excluding carboxylic acids is 2. The van der Waals surface area contributed by atoms with Crippen molar-refractivity contribution in [1.82, 2.24) is 0 Å². The molecule has 0 saturated heterocycles. The Hall–Kier alpha value is -0.740. The molecule has 2 rings (SSSR count). The molecule has 0 amide bonds. The van der Waals surface area contributed by atoms with E-state index in [0.29, 0.717) is 11.6 Å². The minimum atomic E-state index is -0.721. The summed E-state index contributed by atoms with van der Waals surface area (Å²) in [5.74, 6) is -0.0201. The smallest absolute Gasteiger partial charge is 0.163 e. The van der Waals surface area contributed by atoms with Crippen LogP contribution in [0.3, 0.4) is 0 Å². The second-order valence-electron chi connectivity index (χ2n) is 10.1. The molecule has 144 valence electrons. The van der Waals surface area contributed by atoms with Crippen molar-refractivity contribution in [3.8, 4) is 0 Å². The zero-order valence-corrected chi connectivity index (χ0v) is 17.3. The molecule has 0 aromatic carbocycles. The lowest BCUT2D eigenvalue weighted by Crippen LogP contribution is -2.48. The molecular formula is C21H36O4. The van der Waals surface area contributed by atoms with E-state index in [1.807, 2.05) is 55.4 Å². The van der Waals surface area contributed by atoms with Crippen molar-refractivity contribution in [2.75, 3.05) is 0 Å². The van der Waals surface area contributed by atoms with Crippen LogP contribution in [0.5, 0.6) is 0 Å². The molecule has 0 N–H and O–H groups in total. The lowest BCUT2D eigenvalue weighted by Gasteiger charge is -2.44. The van der Waals surface area contributed by atoms with Gasteiger partial charge in [-0.1, -0.05) is 41.5 Å². The lowest BCUT2D eigenvalue weighted by molar-refractivity contribution is -0.272. The molecule has 25 heavy (non-hydrogen) atoms. The Balaban J connectivity index is 2.00. The van der Waals surface area contributed by atoms with Crippen LogP contribution in [0.15, 0.2) is 0 Å². The van der Waals surface area contributed by atoms with Crippen LogP contribution < -0.4 is 0 Å². The third kappa shape index (κ3) is 4.71. The maximum absolute atomic E-state index is 12.3. The molecule has 2 saturated carbocycles. The molecule has 2 aliphatic rings. The summed E-state index contributed by atoms with van der Waals surface area (Å²) in [6.45, 7) is 15.9. The summed E-state index contributed by atoms with van der Waals surface area (Å²) in [6, 6.07) is 0. The SMILES string of the molecule is C[C@@H]1CC(OC(C)(C)O[C@@H]2C[C@@H](C)C(=O)C(C)(C)C2)CC(C)(C)C1=O. The number of ether oxygens (including phenoxy) is 2. The van der Waals surface area contributed by atoms with Crippen molar-refractivity contribution < 1.29 is 19.1 Å². The summed E-state index contributed by atoms with van der Waals surface area (Å²) in [5.41, 5.74) is -0.682. The fourth-order valence-electron chi connectivity index (χ4n) is 4.85. The zero-order chi connectivity index (χ0) is 19.2. The topological polar surface area (TPSA) is 52.6 Å². The minimum Gasteiger partial charge on any atom is -0.347 e. The van der Waals surface area contributed by atoms with Crippen molar-refractivity contribution in [2.24, 2.45) is 22.7 Å². The number of hydrogen-bond donors (Lipinski definition) is 0. The van der Waals surface area contributed by atoms with Gasteiger partial charge in [0.05, 0.1) is 12.2 Å². The van der Waals surface area contributed by atoms with Gasteiger partial charge in [0.15, 0.2) is 5.79 Å². The number of Topliss-reactive ketones (excluding diaryl/α,β-unsaturated/α-hetero) is 2. The highest BCUT2D eigenvalue weighted by molar-refractivity contribution is 5.87. The maximum Gasteiger partial charge on any atom is 0.163 e. The quantitative estimate of drug-likeness (QED) is 0.697. The molecule has 4 atom stereocenters. The van der Waals surface area contributed by atoms with E-state index in [1.165, 1.54) is 0 Å². The summed E-state index contributed by atoms with van der Waals surface area (Å²) in [6.07, 6.45) is 3.00. The summed E-state index contributed by atoms with van der Waals surface area (Å²) in [5, 5.41) is 0. The van der Waals surface area contributed by atoms with E-state index in [2.05, 4.69) is 0 Å². The highest BCUT2D eigenvalue weighted by atomic mass is 16.7. The summed E-state index contributed by atoms with van der Waals surface area (Å²) in [7, 11) is 0. The highest BCUT2D eigenvalue weighted by Crippen LogP contribution is 2.41. The van der Waals surface area contributed by atoms with Crippen LogP contribution in [0.2, 0.25) is 0 Å². The average Bonchev–Trinajstić information content (AvgIpc) is 2.40. The molecule has 1 unspecified atom stereocenters. The van der Waals surface area contributed by atoms with Gasteiger partial charge in [0.2, 0.25) is 0 Å². The fraction of sp³-hybridized carbons (Fsp3) is 0.905. The van der Waals surface area contributed by atoms with Crippen LogP contribution >= 0.6 is 0 Å². The fourth-order valence-corrected chi connectivity index (χ4v) is 4.85. The Kier molecular flexibility index (Phi) is 5.57. The predicted octanol–water partition coefficient (Wildman–Crippen LogP) is 4.54. The standard InChI is InChI=1S/C21H36O4/c1-13-9-15(11-19(3,4)17(13)22)24-21(7,8)25-16-10-14(2)18(23)20(5,6)12-16/h13-16H,9-12H2,1-8H3/t13-,14-,15-,16?/m1/s1. The molecule has 0 radical (unpaired) electrons. The van der Waals surface area contributed by atoms with Gasteiger partial charge in [-0.3, -0.25) is 9.59 Å². The van der Waals surface area contributed by atoms with Crippen LogP contribution in [0.1, 0.15) is 81.1 Å². The van der Waals surface area contributed by atoms with Crippen LogP contribution in [0.4, 0.5) is 0 Å². The molecule has 0 aromatic heterocycles. The third-order valence-corrected chi connectivity index (χ3v) is 5.84. The van der Waals surface area contributed by atoms with E-state index in [1.54, 1.807) is 0 Å². The molecule has 0 bridgehead atoms. The van der Waals surface area contributed by atoms with Crippen molar-refractivity contribution >= 4 is 11.6 Å². The van der Waals surface area contributed by atoms with Gasteiger partial charge in [0, 0.05) is 22.7 Å². The molecular weight excluding hydrogens is 316 g/mol. The Bertz CT molecular complexity index is 486. The number of ketones is 2. The normalized spacial score (nSPS) is 35.7. The second kappa shape index (κ2) is 6.77. The molecule has 2 fully saturated rings. The molecule has 4 heteroatoms. The van der Waals surface area contributed by atoms with E-state index in [-0.39, 0.29) is 34.9 Å². The van der Waals surface area contributed by atoms with Crippen LogP contribution in [0.25, 0.3) is 0 Å². The lowest BCUT2D eigenvalue weighted by atomic mass is 9.70. The van der Waals surface area contributed by atoms with Crippen LogP contribution in [-0.2, 0) is 19.1 Å². The van der Waals surface area contributed by atoms with E-state index in [4.69, 9.17) is 9.47 Å². The first-order chi connectivity index (χ1) is 11.2. The predicted molar refractivity (Wildman–Crippen MR) is 98.2 cm³/mol. The Morgan fingerprint density at radius 3 is 1.40 bits per heavy atom. The van der Waals surface area contributed by atoms with Gasteiger partial charge in [0.25, 0.3) is 0 Å². The van der Waals surface area contributed by atoms with Crippen molar-refractivity contribution in [2.45, 2.75) is 99.1 Å². The number of rotatable bonds is 4.